The fraction of sp³-hybridized carbons (Fsp3) is 0.500. The van der Waals surface area contributed by atoms with Gasteiger partial charge < -0.3 is 10.5 Å². The molecule has 1 aromatic carbocycles. The molecule has 0 aliphatic carbocycles. The van der Waals surface area contributed by atoms with E-state index in [1.807, 2.05) is 6.07 Å². The molecular weight excluding hydrogens is 224 g/mol. The molecule has 0 saturated carbocycles. The normalized spacial score (nSPS) is 16.8. The first-order valence-electron chi connectivity index (χ1n) is 5.52. The van der Waals surface area contributed by atoms with Crippen molar-refractivity contribution in [3.63, 3.8) is 0 Å². The first-order valence-corrected chi connectivity index (χ1v) is 5.90. The third kappa shape index (κ3) is 2.25. The molecule has 0 aromatic heterocycles. The van der Waals surface area contributed by atoms with Gasteiger partial charge in [-0.25, -0.2) is 0 Å². The van der Waals surface area contributed by atoms with Gasteiger partial charge in [0.1, 0.15) is 12.4 Å². The second-order valence-electron chi connectivity index (χ2n) is 4.40. The second kappa shape index (κ2) is 4.52. The Hall–Kier alpha value is -0.930. The zero-order chi connectivity index (χ0) is 11.7. The predicted molar refractivity (Wildman–Crippen MR) is 66.9 cm³/mol. The number of rotatable bonds is 1. The Bertz CT molecular complexity index is 393. The van der Waals surface area contributed by atoms with Crippen LogP contribution in [0.3, 0.4) is 0 Å². The number of benzene rings is 1. The number of halogens is 1. The summed E-state index contributed by atoms with van der Waals surface area (Å²) in [6, 6.07) is 4.18. The van der Waals surface area contributed by atoms with E-state index >= 15 is 0 Å². The average molecular weight is 241 g/mol. The fourth-order valence-corrected chi connectivity index (χ4v) is 2.26. The minimum atomic E-state index is 0.495. The van der Waals surface area contributed by atoms with E-state index in [9.17, 15) is 0 Å². The van der Waals surface area contributed by atoms with E-state index in [2.05, 4.69) is 18.7 Å². The lowest BCUT2D eigenvalue weighted by molar-refractivity contribution is 0.189. The van der Waals surface area contributed by atoms with Crippen LogP contribution in [-0.2, 0) is 6.54 Å². The smallest absolute Gasteiger partial charge is 0.142 e. The molecule has 88 valence electrons. The zero-order valence-electron chi connectivity index (χ0n) is 9.66. The molecule has 1 heterocycles. The predicted octanol–water partition coefficient (Wildman–Crippen LogP) is 2.53. The van der Waals surface area contributed by atoms with Crippen molar-refractivity contribution in [1.29, 1.82) is 0 Å². The summed E-state index contributed by atoms with van der Waals surface area (Å²) in [7, 11) is 0. The lowest BCUT2D eigenvalue weighted by Gasteiger charge is -2.23. The van der Waals surface area contributed by atoms with Crippen LogP contribution in [0.2, 0.25) is 5.02 Å². The first-order chi connectivity index (χ1) is 7.58. The number of nitrogens with two attached hydrogens (primary N) is 1. The monoisotopic (exact) mass is 240 g/mol. The number of ether oxygens (including phenoxy) is 1. The largest absolute Gasteiger partial charge is 0.490 e. The van der Waals surface area contributed by atoms with Crippen LogP contribution in [0.4, 0.5) is 5.69 Å². The molecule has 1 aromatic rings. The Balaban J connectivity index is 2.36. The summed E-state index contributed by atoms with van der Waals surface area (Å²) in [4.78, 5) is 2.35. The molecule has 16 heavy (non-hydrogen) atoms. The lowest BCUT2D eigenvalue weighted by Crippen LogP contribution is -2.32. The molecule has 0 fully saturated rings. The van der Waals surface area contributed by atoms with E-state index in [1.165, 1.54) is 0 Å². The Morgan fingerprint density at radius 1 is 1.44 bits per heavy atom. The number of fused-ring (bicyclic) bond motifs is 1. The molecule has 0 unspecified atom stereocenters. The second-order valence-corrected chi connectivity index (χ2v) is 4.81. The SMILES string of the molecule is CC(C)N1CCOc2c(Cl)cc(N)cc2C1. The minimum absolute atomic E-state index is 0.495. The molecule has 2 N–H and O–H groups in total. The van der Waals surface area contributed by atoms with E-state index in [1.54, 1.807) is 6.07 Å². The number of nitrogens with zero attached hydrogens (tertiary/aromatic N) is 1. The van der Waals surface area contributed by atoms with E-state index in [-0.39, 0.29) is 0 Å². The highest BCUT2D eigenvalue weighted by atomic mass is 35.5. The van der Waals surface area contributed by atoms with E-state index in [0.29, 0.717) is 23.4 Å². The van der Waals surface area contributed by atoms with Gasteiger partial charge in [-0.2, -0.15) is 0 Å². The van der Waals surface area contributed by atoms with Crippen molar-refractivity contribution in [3.05, 3.63) is 22.7 Å². The van der Waals surface area contributed by atoms with Crippen LogP contribution in [0.25, 0.3) is 0 Å². The summed E-state index contributed by atoms with van der Waals surface area (Å²) >= 11 is 6.12. The molecule has 1 aliphatic rings. The molecule has 2 rings (SSSR count). The molecule has 0 amide bonds. The van der Waals surface area contributed by atoms with Crippen LogP contribution in [-0.4, -0.2) is 24.1 Å². The summed E-state index contributed by atoms with van der Waals surface area (Å²) in [5.41, 5.74) is 7.57. The molecule has 0 radical (unpaired) electrons. The zero-order valence-corrected chi connectivity index (χ0v) is 10.4. The summed E-state index contributed by atoms with van der Waals surface area (Å²) < 4.78 is 5.69. The van der Waals surface area contributed by atoms with E-state index < -0.39 is 0 Å². The van der Waals surface area contributed by atoms with E-state index in [0.717, 1.165) is 24.4 Å². The van der Waals surface area contributed by atoms with Crippen LogP contribution in [0.15, 0.2) is 12.1 Å². The average Bonchev–Trinajstić information content (AvgIpc) is 2.39. The third-order valence-corrected chi connectivity index (χ3v) is 3.15. The first kappa shape index (κ1) is 11.6. The Labute approximate surface area is 101 Å². The van der Waals surface area contributed by atoms with Gasteiger partial charge in [0.15, 0.2) is 0 Å². The summed E-state index contributed by atoms with van der Waals surface area (Å²) in [5, 5.41) is 0.612. The van der Waals surface area contributed by atoms with Gasteiger partial charge in [0.2, 0.25) is 0 Å². The van der Waals surface area contributed by atoms with Crippen LogP contribution >= 0.6 is 11.6 Å². The quantitative estimate of drug-likeness (QED) is 0.767. The van der Waals surface area contributed by atoms with Crippen LogP contribution in [0, 0.1) is 0 Å². The van der Waals surface area contributed by atoms with Crippen molar-refractivity contribution in [3.8, 4) is 5.75 Å². The molecule has 4 heteroatoms. The summed E-state index contributed by atoms with van der Waals surface area (Å²) in [6.45, 7) is 6.80. The Morgan fingerprint density at radius 2 is 2.19 bits per heavy atom. The Morgan fingerprint density at radius 3 is 2.88 bits per heavy atom. The van der Waals surface area contributed by atoms with Gasteiger partial charge in [-0.15, -0.1) is 0 Å². The molecule has 3 nitrogen and oxygen atoms in total. The summed E-state index contributed by atoms with van der Waals surface area (Å²) in [5.74, 6) is 0.791. The maximum Gasteiger partial charge on any atom is 0.142 e. The van der Waals surface area contributed by atoms with Crippen molar-refractivity contribution in [2.24, 2.45) is 0 Å². The number of anilines is 1. The van der Waals surface area contributed by atoms with Crippen molar-refractivity contribution >= 4 is 17.3 Å². The molecule has 0 atom stereocenters. The highest BCUT2D eigenvalue weighted by Gasteiger charge is 2.19. The van der Waals surface area contributed by atoms with Crippen LogP contribution in [0.1, 0.15) is 19.4 Å². The number of nitrogen functional groups attached to an aromatic ring is 1. The van der Waals surface area contributed by atoms with Gasteiger partial charge in [-0.1, -0.05) is 11.6 Å². The van der Waals surface area contributed by atoms with Gasteiger partial charge in [0, 0.05) is 30.4 Å². The van der Waals surface area contributed by atoms with Gasteiger partial charge >= 0.3 is 0 Å². The van der Waals surface area contributed by atoms with Crippen molar-refractivity contribution in [2.45, 2.75) is 26.4 Å². The highest BCUT2D eigenvalue weighted by molar-refractivity contribution is 6.32. The van der Waals surface area contributed by atoms with Crippen LogP contribution in [0.5, 0.6) is 5.75 Å². The summed E-state index contributed by atoms with van der Waals surface area (Å²) in [6.07, 6.45) is 0. The fourth-order valence-electron chi connectivity index (χ4n) is 1.96. The van der Waals surface area contributed by atoms with Crippen molar-refractivity contribution in [2.75, 3.05) is 18.9 Å². The molecule has 0 bridgehead atoms. The molecule has 0 spiro atoms. The Kier molecular flexibility index (Phi) is 3.26. The van der Waals surface area contributed by atoms with Gasteiger partial charge in [-0.3, -0.25) is 4.90 Å². The molecule has 1 aliphatic heterocycles. The molecular formula is C12H17ClN2O. The molecule has 0 saturated heterocycles. The topological polar surface area (TPSA) is 38.5 Å². The highest BCUT2D eigenvalue weighted by Crippen LogP contribution is 2.34. The van der Waals surface area contributed by atoms with E-state index in [4.69, 9.17) is 22.1 Å². The van der Waals surface area contributed by atoms with Gasteiger partial charge in [-0.05, 0) is 26.0 Å². The van der Waals surface area contributed by atoms with Crippen LogP contribution < -0.4 is 10.5 Å². The number of hydrogen-bond acceptors (Lipinski definition) is 3. The maximum atomic E-state index is 6.12. The number of hydrogen-bond donors (Lipinski definition) is 1. The minimum Gasteiger partial charge on any atom is -0.490 e. The van der Waals surface area contributed by atoms with Gasteiger partial charge in [0.05, 0.1) is 5.02 Å². The maximum absolute atomic E-state index is 6.12. The van der Waals surface area contributed by atoms with Crippen molar-refractivity contribution in [1.82, 2.24) is 4.90 Å². The third-order valence-electron chi connectivity index (χ3n) is 2.87. The van der Waals surface area contributed by atoms with Gasteiger partial charge in [0.25, 0.3) is 0 Å². The standard InChI is InChI=1S/C12H17ClN2O/c1-8(2)15-3-4-16-12-9(7-15)5-10(14)6-11(12)13/h5-6,8H,3-4,7,14H2,1-2H3. The van der Waals surface area contributed by atoms with Crippen molar-refractivity contribution < 1.29 is 4.74 Å². The lowest BCUT2D eigenvalue weighted by atomic mass is 10.1.